The second kappa shape index (κ2) is 5.73. The van der Waals surface area contributed by atoms with E-state index >= 15 is 0 Å². The van der Waals surface area contributed by atoms with Gasteiger partial charge < -0.3 is 10.5 Å². The molecule has 2 N–H and O–H groups in total. The van der Waals surface area contributed by atoms with Crippen molar-refractivity contribution in [3.05, 3.63) is 29.3 Å². The summed E-state index contributed by atoms with van der Waals surface area (Å²) < 4.78 is 5.58. The number of likely N-dealkylation sites (N-methyl/N-ethyl adjacent to an activating group) is 1. The van der Waals surface area contributed by atoms with Crippen LogP contribution in [-0.4, -0.2) is 42.6 Å². The minimum atomic E-state index is 0.328. The maximum Gasteiger partial charge on any atom is 0.122 e. The highest BCUT2D eigenvalue weighted by atomic mass is 32.2. The van der Waals surface area contributed by atoms with E-state index in [1.54, 1.807) is 0 Å². The largest absolute Gasteiger partial charge is 0.493 e. The third-order valence-corrected chi connectivity index (χ3v) is 5.44. The van der Waals surface area contributed by atoms with Gasteiger partial charge in [-0.25, -0.2) is 0 Å². The summed E-state index contributed by atoms with van der Waals surface area (Å²) in [6, 6.07) is 7.58. The van der Waals surface area contributed by atoms with Gasteiger partial charge in [0.15, 0.2) is 0 Å². The molecule has 2 unspecified atom stereocenters. The Bertz CT molecular complexity index is 446. The van der Waals surface area contributed by atoms with Crippen molar-refractivity contribution in [1.29, 1.82) is 0 Å². The highest BCUT2D eigenvalue weighted by Gasteiger charge is 2.27. The summed E-state index contributed by atoms with van der Waals surface area (Å²) >= 11 is 2.05. The van der Waals surface area contributed by atoms with Crippen LogP contribution in [0.4, 0.5) is 0 Å². The molecule has 2 heterocycles. The van der Waals surface area contributed by atoms with Crippen molar-refractivity contribution in [2.45, 2.75) is 24.9 Å². The molecule has 0 aliphatic carbocycles. The van der Waals surface area contributed by atoms with E-state index in [2.05, 4.69) is 41.9 Å². The van der Waals surface area contributed by atoms with Crippen LogP contribution in [0.2, 0.25) is 0 Å². The standard InChI is InChI=1S/C15H22N2OS/c1-17(13-5-7-19-10-13)14(9-16)11-2-3-15-12(8-11)4-6-18-15/h2-3,8,13-14H,4-7,9-10,16H2,1H3. The molecule has 1 saturated heterocycles. The second-order valence-electron chi connectivity index (χ2n) is 5.40. The minimum absolute atomic E-state index is 0.328. The predicted molar refractivity (Wildman–Crippen MR) is 80.9 cm³/mol. The van der Waals surface area contributed by atoms with Gasteiger partial charge in [0.1, 0.15) is 5.75 Å². The fourth-order valence-electron chi connectivity index (χ4n) is 3.05. The van der Waals surface area contributed by atoms with Gasteiger partial charge in [0.25, 0.3) is 0 Å². The first-order valence-electron chi connectivity index (χ1n) is 7.05. The molecular formula is C15H22N2OS. The zero-order chi connectivity index (χ0) is 13.2. The van der Waals surface area contributed by atoms with Gasteiger partial charge in [-0.2, -0.15) is 11.8 Å². The van der Waals surface area contributed by atoms with Gasteiger partial charge in [0, 0.05) is 30.8 Å². The SMILES string of the molecule is CN(C1CCSC1)C(CN)c1ccc2c(c1)CCO2. The van der Waals surface area contributed by atoms with Crippen molar-refractivity contribution >= 4 is 11.8 Å². The van der Waals surface area contributed by atoms with Gasteiger partial charge in [-0.3, -0.25) is 4.90 Å². The molecule has 0 bridgehead atoms. The number of nitrogens with zero attached hydrogens (tertiary/aromatic N) is 1. The van der Waals surface area contributed by atoms with Crippen LogP contribution >= 0.6 is 11.8 Å². The van der Waals surface area contributed by atoms with Crippen LogP contribution in [-0.2, 0) is 6.42 Å². The molecule has 0 spiro atoms. The lowest BCUT2D eigenvalue weighted by atomic mass is 10.00. The monoisotopic (exact) mass is 278 g/mol. The molecule has 2 aliphatic rings. The van der Waals surface area contributed by atoms with Crippen LogP contribution in [0.15, 0.2) is 18.2 Å². The zero-order valence-corrected chi connectivity index (χ0v) is 12.3. The first kappa shape index (κ1) is 13.3. The normalized spacial score (nSPS) is 23.4. The van der Waals surface area contributed by atoms with Crippen LogP contribution in [0.5, 0.6) is 5.75 Å². The third kappa shape index (κ3) is 2.62. The number of ether oxygens (including phenoxy) is 1. The molecule has 2 aliphatic heterocycles. The van der Waals surface area contributed by atoms with Gasteiger partial charge in [0.05, 0.1) is 6.61 Å². The summed E-state index contributed by atoms with van der Waals surface area (Å²) in [4.78, 5) is 2.47. The number of nitrogens with two attached hydrogens (primary N) is 1. The number of benzene rings is 1. The Morgan fingerprint density at radius 3 is 3.16 bits per heavy atom. The lowest BCUT2D eigenvalue weighted by Gasteiger charge is -2.32. The van der Waals surface area contributed by atoms with E-state index in [-0.39, 0.29) is 0 Å². The molecule has 1 fully saturated rings. The van der Waals surface area contributed by atoms with E-state index in [9.17, 15) is 0 Å². The maximum absolute atomic E-state index is 6.04. The van der Waals surface area contributed by atoms with Gasteiger partial charge in [-0.15, -0.1) is 0 Å². The van der Waals surface area contributed by atoms with E-state index in [1.165, 1.54) is 29.1 Å². The van der Waals surface area contributed by atoms with Gasteiger partial charge in [0.2, 0.25) is 0 Å². The van der Waals surface area contributed by atoms with Crippen molar-refractivity contribution in [3.63, 3.8) is 0 Å². The van der Waals surface area contributed by atoms with Crippen LogP contribution in [0, 0.1) is 0 Å². The van der Waals surface area contributed by atoms with Crippen molar-refractivity contribution in [3.8, 4) is 5.75 Å². The second-order valence-corrected chi connectivity index (χ2v) is 6.55. The summed E-state index contributed by atoms with van der Waals surface area (Å²) in [6.07, 6.45) is 2.31. The Kier molecular flexibility index (Phi) is 4.01. The van der Waals surface area contributed by atoms with E-state index in [4.69, 9.17) is 10.5 Å². The van der Waals surface area contributed by atoms with Crippen LogP contribution < -0.4 is 10.5 Å². The van der Waals surface area contributed by atoms with Gasteiger partial charge in [-0.05, 0) is 36.4 Å². The summed E-state index contributed by atoms with van der Waals surface area (Å²) in [5.74, 6) is 3.57. The molecular weight excluding hydrogens is 256 g/mol. The molecule has 3 rings (SSSR count). The maximum atomic E-state index is 6.04. The molecule has 19 heavy (non-hydrogen) atoms. The lowest BCUT2D eigenvalue weighted by Crippen LogP contribution is -2.38. The van der Waals surface area contributed by atoms with Gasteiger partial charge >= 0.3 is 0 Å². The summed E-state index contributed by atoms with van der Waals surface area (Å²) in [6.45, 7) is 1.50. The third-order valence-electron chi connectivity index (χ3n) is 4.29. The summed E-state index contributed by atoms with van der Waals surface area (Å²) in [7, 11) is 2.22. The Morgan fingerprint density at radius 1 is 1.53 bits per heavy atom. The van der Waals surface area contributed by atoms with E-state index in [1.807, 2.05) is 0 Å². The average molecular weight is 278 g/mol. The molecule has 4 heteroatoms. The van der Waals surface area contributed by atoms with Crippen molar-refractivity contribution in [2.75, 3.05) is 31.7 Å². The molecule has 0 saturated carbocycles. The van der Waals surface area contributed by atoms with Crippen molar-refractivity contribution in [1.82, 2.24) is 4.90 Å². The number of fused-ring (bicyclic) bond motifs is 1. The van der Waals surface area contributed by atoms with E-state index in [0.717, 1.165) is 18.8 Å². The Balaban J connectivity index is 1.81. The fourth-order valence-corrected chi connectivity index (χ4v) is 4.33. The Morgan fingerprint density at radius 2 is 2.42 bits per heavy atom. The Hall–Kier alpha value is -0.710. The van der Waals surface area contributed by atoms with Gasteiger partial charge in [-0.1, -0.05) is 12.1 Å². The zero-order valence-electron chi connectivity index (χ0n) is 11.5. The van der Waals surface area contributed by atoms with E-state index < -0.39 is 0 Å². The van der Waals surface area contributed by atoms with Crippen molar-refractivity contribution < 1.29 is 4.74 Å². The molecule has 2 atom stereocenters. The molecule has 0 amide bonds. The van der Waals surface area contributed by atoms with Crippen molar-refractivity contribution in [2.24, 2.45) is 5.73 Å². The Labute approximate surface area is 119 Å². The lowest BCUT2D eigenvalue weighted by molar-refractivity contribution is 0.193. The molecule has 0 radical (unpaired) electrons. The molecule has 3 nitrogen and oxygen atoms in total. The highest BCUT2D eigenvalue weighted by Crippen LogP contribution is 2.32. The van der Waals surface area contributed by atoms with Crippen LogP contribution in [0.1, 0.15) is 23.6 Å². The first-order chi connectivity index (χ1) is 9.29. The molecule has 0 aromatic heterocycles. The fraction of sp³-hybridized carbons (Fsp3) is 0.600. The average Bonchev–Trinajstić information content (AvgIpc) is 3.10. The summed E-state index contributed by atoms with van der Waals surface area (Å²) in [5, 5.41) is 0. The summed E-state index contributed by atoms with van der Waals surface area (Å²) in [5.41, 5.74) is 8.72. The van der Waals surface area contributed by atoms with Crippen LogP contribution in [0.3, 0.4) is 0 Å². The number of rotatable bonds is 4. The number of thioether (sulfide) groups is 1. The number of hydrogen-bond donors (Lipinski definition) is 1. The quantitative estimate of drug-likeness (QED) is 0.915. The smallest absolute Gasteiger partial charge is 0.122 e. The molecule has 1 aromatic rings. The van der Waals surface area contributed by atoms with E-state index in [0.29, 0.717) is 18.6 Å². The number of hydrogen-bond acceptors (Lipinski definition) is 4. The van der Waals surface area contributed by atoms with Crippen LogP contribution in [0.25, 0.3) is 0 Å². The first-order valence-corrected chi connectivity index (χ1v) is 8.20. The molecule has 104 valence electrons. The minimum Gasteiger partial charge on any atom is -0.493 e. The topological polar surface area (TPSA) is 38.5 Å². The predicted octanol–water partition coefficient (Wildman–Crippen LogP) is 2.06. The molecule has 1 aromatic carbocycles. The highest BCUT2D eigenvalue weighted by molar-refractivity contribution is 7.99.